The maximum absolute atomic E-state index is 10.3. The van der Waals surface area contributed by atoms with Crippen LogP contribution in [0.3, 0.4) is 0 Å². The van der Waals surface area contributed by atoms with Crippen LogP contribution < -0.4 is 0 Å². The number of H-pyrrole nitrogens is 1. The highest BCUT2D eigenvalue weighted by Crippen LogP contribution is 2.13. The maximum atomic E-state index is 10.3. The van der Waals surface area contributed by atoms with Crippen molar-refractivity contribution >= 4 is 11.7 Å². The predicted molar refractivity (Wildman–Crippen MR) is 36.2 cm³/mol. The van der Waals surface area contributed by atoms with Gasteiger partial charge in [-0.3, -0.25) is 0 Å². The lowest BCUT2D eigenvalue weighted by molar-refractivity contribution is 0.145. The number of nitrogens with zero attached hydrogens (tertiary/aromatic N) is 1. The predicted octanol–water partition coefficient (Wildman–Crippen LogP) is 0.00280. The van der Waals surface area contributed by atoms with E-state index in [1.54, 1.807) is 6.20 Å². The van der Waals surface area contributed by atoms with Gasteiger partial charge in [-0.1, -0.05) is 0 Å². The number of hydrogen-bond acceptors (Lipinski definition) is 3. The SMILES string of the molecule is CC(O)([S+]=O)c1ncc[nH]1. The van der Waals surface area contributed by atoms with E-state index >= 15 is 0 Å². The summed E-state index contributed by atoms with van der Waals surface area (Å²) in [6.45, 7) is 1.39. The van der Waals surface area contributed by atoms with Crippen molar-refractivity contribution in [2.75, 3.05) is 0 Å². The van der Waals surface area contributed by atoms with Gasteiger partial charge in [0.05, 0.1) is 0 Å². The zero-order chi connectivity index (χ0) is 7.61. The highest BCUT2D eigenvalue weighted by molar-refractivity contribution is 7.66. The molecule has 1 aromatic heterocycles. The lowest BCUT2D eigenvalue weighted by Crippen LogP contribution is -2.20. The van der Waals surface area contributed by atoms with Gasteiger partial charge in [0.2, 0.25) is 5.82 Å². The second-order valence-electron chi connectivity index (χ2n) is 2.00. The van der Waals surface area contributed by atoms with Crippen LogP contribution in [0.1, 0.15) is 12.7 Å². The van der Waals surface area contributed by atoms with Gasteiger partial charge in [-0.2, -0.15) is 0 Å². The number of aromatic nitrogens is 2. The molecule has 0 bridgehead atoms. The number of aromatic amines is 1. The van der Waals surface area contributed by atoms with Crippen LogP contribution in [0.15, 0.2) is 12.4 Å². The van der Waals surface area contributed by atoms with Gasteiger partial charge in [-0.05, 0) is 0 Å². The molecule has 1 heterocycles. The van der Waals surface area contributed by atoms with E-state index in [9.17, 15) is 9.32 Å². The van der Waals surface area contributed by atoms with Crippen LogP contribution >= 0.6 is 0 Å². The molecule has 0 radical (unpaired) electrons. The summed E-state index contributed by atoms with van der Waals surface area (Å²) in [5.41, 5.74) is 0. The van der Waals surface area contributed by atoms with E-state index in [2.05, 4.69) is 9.97 Å². The van der Waals surface area contributed by atoms with Crippen molar-refractivity contribution in [1.29, 1.82) is 0 Å². The summed E-state index contributed by atoms with van der Waals surface area (Å²) in [6, 6.07) is 0. The summed E-state index contributed by atoms with van der Waals surface area (Å²) < 4.78 is 10.3. The third kappa shape index (κ3) is 1.19. The van der Waals surface area contributed by atoms with E-state index in [0.717, 1.165) is 0 Å². The molecule has 0 amide bonds. The second-order valence-corrected chi connectivity index (χ2v) is 2.97. The van der Waals surface area contributed by atoms with E-state index in [0.29, 0.717) is 0 Å². The van der Waals surface area contributed by atoms with Crippen LogP contribution in [0.25, 0.3) is 0 Å². The lowest BCUT2D eigenvalue weighted by atomic mass is 10.4. The summed E-state index contributed by atoms with van der Waals surface area (Å²) >= 11 is 0.0966. The fourth-order valence-corrected chi connectivity index (χ4v) is 0.749. The molecule has 0 aromatic carbocycles. The van der Waals surface area contributed by atoms with E-state index in [1.165, 1.54) is 13.1 Å². The zero-order valence-electron chi connectivity index (χ0n) is 5.37. The van der Waals surface area contributed by atoms with Gasteiger partial charge in [-0.15, -0.1) is 0 Å². The topological polar surface area (TPSA) is 66.0 Å². The molecule has 2 N–H and O–H groups in total. The maximum Gasteiger partial charge on any atom is 0.505 e. The normalized spacial score (nSPS) is 16.2. The van der Waals surface area contributed by atoms with Crippen LogP contribution in [0.2, 0.25) is 0 Å². The highest BCUT2D eigenvalue weighted by atomic mass is 32.1. The first-order valence-electron chi connectivity index (χ1n) is 2.70. The summed E-state index contributed by atoms with van der Waals surface area (Å²) in [6.07, 6.45) is 3.04. The molecule has 10 heavy (non-hydrogen) atoms. The molecule has 4 nitrogen and oxygen atoms in total. The van der Waals surface area contributed by atoms with Crippen molar-refractivity contribution < 1.29 is 9.32 Å². The minimum atomic E-state index is -1.44. The number of imidazole rings is 1. The molecule has 54 valence electrons. The molecule has 1 atom stereocenters. The van der Waals surface area contributed by atoms with E-state index in [-0.39, 0.29) is 17.5 Å². The Morgan fingerprint density at radius 2 is 2.60 bits per heavy atom. The molecule has 1 unspecified atom stereocenters. The van der Waals surface area contributed by atoms with Crippen molar-refractivity contribution in [3.8, 4) is 0 Å². The third-order valence-corrected chi connectivity index (χ3v) is 1.62. The average Bonchev–Trinajstić information content (AvgIpc) is 2.38. The molecule has 0 aliphatic carbocycles. The fraction of sp³-hybridized carbons (Fsp3) is 0.400. The van der Waals surface area contributed by atoms with Gasteiger partial charge in [0.25, 0.3) is 0 Å². The van der Waals surface area contributed by atoms with Crippen LogP contribution in [-0.4, -0.2) is 15.1 Å². The van der Waals surface area contributed by atoms with Gasteiger partial charge >= 0.3 is 16.6 Å². The zero-order valence-corrected chi connectivity index (χ0v) is 6.18. The Bertz CT molecular complexity index is 220. The van der Waals surface area contributed by atoms with Crippen molar-refractivity contribution in [2.24, 2.45) is 0 Å². The molecule has 0 saturated heterocycles. The number of aliphatic hydroxyl groups is 1. The molecule has 1 aromatic rings. The Morgan fingerprint density at radius 1 is 1.90 bits per heavy atom. The summed E-state index contributed by atoms with van der Waals surface area (Å²) in [7, 11) is 0. The first-order chi connectivity index (χ1) is 4.67. The molecule has 0 spiro atoms. The number of hydrogen-bond donors (Lipinski definition) is 2. The minimum Gasteiger partial charge on any atom is -0.341 e. The Kier molecular flexibility index (Phi) is 1.78. The van der Waals surface area contributed by atoms with Crippen LogP contribution in [0.4, 0.5) is 0 Å². The van der Waals surface area contributed by atoms with Crippen molar-refractivity contribution in [3.05, 3.63) is 18.2 Å². The Labute approximate surface area is 61.8 Å². The molecular formula is C5H7N2O2S+. The molecule has 1 rings (SSSR count). The van der Waals surface area contributed by atoms with Crippen LogP contribution in [0, 0.1) is 0 Å². The third-order valence-electron chi connectivity index (χ3n) is 1.10. The van der Waals surface area contributed by atoms with Gasteiger partial charge in [0.15, 0.2) is 0 Å². The minimum absolute atomic E-state index is 0.0966. The van der Waals surface area contributed by atoms with Crippen molar-refractivity contribution in [1.82, 2.24) is 9.97 Å². The second kappa shape index (κ2) is 2.43. The number of rotatable bonds is 2. The average molecular weight is 159 g/mol. The Balaban J connectivity index is 2.95. The molecule has 0 aliphatic rings. The lowest BCUT2D eigenvalue weighted by Gasteiger charge is -1.96. The van der Waals surface area contributed by atoms with Gasteiger partial charge in [0, 0.05) is 23.5 Å². The van der Waals surface area contributed by atoms with Crippen LogP contribution in [-0.2, 0) is 20.8 Å². The first kappa shape index (κ1) is 7.30. The fourth-order valence-electron chi connectivity index (χ4n) is 0.558. The standard InChI is InChI=1S/C5H7N2O2S/c1-5(8,10-9)4-6-2-3-7-4/h2-3,8H,1H3,(H,6,7)/q+1. The van der Waals surface area contributed by atoms with Gasteiger partial charge in [-0.25, -0.2) is 4.98 Å². The Hall–Kier alpha value is -0.810. The summed E-state index contributed by atoms with van der Waals surface area (Å²) in [5, 5.41) is 9.24. The van der Waals surface area contributed by atoms with E-state index in [1.807, 2.05) is 0 Å². The van der Waals surface area contributed by atoms with Gasteiger partial charge in [0.1, 0.15) is 0 Å². The van der Waals surface area contributed by atoms with E-state index in [4.69, 9.17) is 0 Å². The molecule has 0 saturated carbocycles. The van der Waals surface area contributed by atoms with E-state index < -0.39 is 4.93 Å². The quantitative estimate of drug-likeness (QED) is 0.471. The molecule has 5 heteroatoms. The molecular weight excluding hydrogens is 152 g/mol. The Morgan fingerprint density at radius 3 is 3.00 bits per heavy atom. The molecule has 0 fully saturated rings. The monoisotopic (exact) mass is 159 g/mol. The van der Waals surface area contributed by atoms with Crippen LogP contribution in [0.5, 0.6) is 0 Å². The largest absolute Gasteiger partial charge is 0.505 e. The summed E-state index contributed by atoms with van der Waals surface area (Å²) in [4.78, 5) is 4.94. The van der Waals surface area contributed by atoms with Crippen molar-refractivity contribution in [3.63, 3.8) is 0 Å². The molecule has 0 aliphatic heterocycles. The van der Waals surface area contributed by atoms with Gasteiger partial charge < -0.3 is 10.1 Å². The highest BCUT2D eigenvalue weighted by Gasteiger charge is 2.41. The number of nitrogens with one attached hydrogen (secondary N) is 1. The summed E-state index contributed by atoms with van der Waals surface area (Å²) in [5.74, 6) is 0.285. The first-order valence-corrected chi connectivity index (χ1v) is 3.44. The smallest absolute Gasteiger partial charge is 0.341 e. The van der Waals surface area contributed by atoms with Crippen molar-refractivity contribution in [2.45, 2.75) is 11.9 Å².